The Balaban J connectivity index is 0.00000320. The van der Waals surface area contributed by atoms with Crippen LogP contribution in [0.2, 0.25) is 0 Å². The zero-order valence-electron chi connectivity index (χ0n) is 18.2. The predicted molar refractivity (Wildman–Crippen MR) is 137 cm³/mol. The average Bonchev–Trinajstić information content (AvgIpc) is 3.49. The third-order valence-corrected chi connectivity index (χ3v) is 6.88. The second-order valence-electron chi connectivity index (χ2n) is 8.13. The molecule has 1 saturated carbocycles. The van der Waals surface area contributed by atoms with Crippen LogP contribution in [0.5, 0.6) is 0 Å². The van der Waals surface area contributed by atoms with E-state index in [4.69, 9.17) is 4.99 Å². The smallest absolute Gasteiger partial charge is 0.220 e. The number of halogens is 1. The number of hydrogen-bond acceptors (Lipinski definition) is 4. The largest absolute Gasteiger partial charge is 0.357 e. The van der Waals surface area contributed by atoms with Crippen molar-refractivity contribution >= 4 is 47.2 Å². The topological polar surface area (TPSA) is 68.8 Å². The number of rotatable bonds is 10. The first-order valence-corrected chi connectivity index (χ1v) is 12.2. The number of carbonyl (C=O) groups excluding carboxylic acids is 1. The molecule has 170 valence electrons. The fourth-order valence-corrected chi connectivity index (χ4v) is 5.22. The third-order valence-electron chi connectivity index (χ3n) is 5.91. The molecule has 2 fully saturated rings. The molecule has 1 atom stereocenters. The van der Waals surface area contributed by atoms with Gasteiger partial charge in [-0.05, 0) is 63.1 Å². The van der Waals surface area contributed by atoms with E-state index in [9.17, 15) is 4.79 Å². The number of thiophene rings is 1. The summed E-state index contributed by atoms with van der Waals surface area (Å²) >= 11 is 1.82. The average molecular weight is 548 g/mol. The van der Waals surface area contributed by atoms with Crippen molar-refractivity contribution in [1.82, 2.24) is 20.9 Å². The first kappa shape index (κ1) is 25.4. The van der Waals surface area contributed by atoms with Gasteiger partial charge in [0, 0.05) is 30.9 Å². The Labute approximate surface area is 202 Å². The standard InChI is InChI=1S/C22H37N5OS.HI/c1-2-23-22(25-12-11-24-21(28)16-18-8-3-4-9-18)26-17-19(20-10-7-15-29-20)27-13-5-6-14-27;/h7,10,15,18-19H,2-6,8-9,11-14,16-17H2,1H3,(H,24,28)(H2,23,25,26);1H. The molecule has 3 N–H and O–H groups in total. The van der Waals surface area contributed by atoms with Gasteiger partial charge in [0.05, 0.1) is 12.6 Å². The Bertz CT molecular complexity index is 627. The van der Waals surface area contributed by atoms with Gasteiger partial charge in [-0.25, -0.2) is 0 Å². The van der Waals surface area contributed by atoms with Crippen molar-refractivity contribution < 1.29 is 4.79 Å². The zero-order chi connectivity index (χ0) is 20.3. The number of amides is 1. The monoisotopic (exact) mass is 547 g/mol. The van der Waals surface area contributed by atoms with Crippen LogP contribution in [0.4, 0.5) is 0 Å². The second kappa shape index (κ2) is 14.2. The molecule has 2 aliphatic rings. The molecule has 8 heteroatoms. The minimum absolute atomic E-state index is 0. The molecule has 3 rings (SSSR count). The number of aliphatic imine (C=N–C) groups is 1. The summed E-state index contributed by atoms with van der Waals surface area (Å²) < 4.78 is 0. The summed E-state index contributed by atoms with van der Waals surface area (Å²) in [7, 11) is 0. The van der Waals surface area contributed by atoms with Gasteiger partial charge in [0.2, 0.25) is 5.91 Å². The Morgan fingerprint density at radius 1 is 1.17 bits per heavy atom. The van der Waals surface area contributed by atoms with Crippen LogP contribution in [0.15, 0.2) is 22.5 Å². The molecular formula is C22H38IN5OS. The molecule has 30 heavy (non-hydrogen) atoms. The SMILES string of the molecule is CCNC(=NCC(c1cccs1)N1CCCC1)NCCNC(=O)CC1CCCC1.I. The van der Waals surface area contributed by atoms with Gasteiger partial charge in [-0.1, -0.05) is 18.9 Å². The van der Waals surface area contributed by atoms with Gasteiger partial charge in [0.25, 0.3) is 0 Å². The maximum absolute atomic E-state index is 12.1. The van der Waals surface area contributed by atoms with Crippen LogP contribution in [-0.2, 0) is 4.79 Å². The molecule has 1 aliphatic carbocycles. The Morgan fingerprint density at radius 3 is 2.57 bits per heavy atom. The highest BCUT2D eigenvalue weighted by Crippen LogP contribution is 2.29. The number of likely N-dealkylation sites (tertiary alicyclic amines) is 1. The van der Waals surface area contributed by atoms with Gasteiger partial charge in [0.15, 0.2) is 5.96 Å². The number of guanidine groups is 1. The first-order valence-electron chi connectivity index (χ1n) is 11.3. The van der Waals surface area contributed by atoms with E-state index in [-0.39, 0.29) is 29.9 Å². The molecule has 1 aromatic heterocycles. The van der Waals surface area contributed by atoms with Gasteiger partial charge in [-0.15, -0.1) is 35.3 Å². The van der Waals surface area contributed by atoms with E-state index >= 15 is 0 Å². The molecule has 1 aliphatic heterocycles. The minimum Gasteiger partial charge on any atom is -0.357 e. The lowest BCUT2D eigenvalue weighted by Crippen LogP contribution is -2.42. The lowest BCUT2D eigenvalue weighted by atomic mass is 10.0. The maximum Gasteiger partial charge on any atom is 0.220 e. The number of hydrogen-bond donors (Lipinski definition) is 3. The van der Waals surface area contributed by atoms with Crippen LogP contribution in [0.1, 0.15) is 62.8 Å². The van der Waals surface area contributed by atoms with Crippen LogP contribution in [-0.4, -0.2) is 56.0 Å². The van der Waals surface area contributed by atoms with E-state index in [1.807, 2.05) is 11.3 Å². The maximum atomic E-state index is 12.1. The van der Waals surface area contributed by atoms with Crippen molar-refractivity contribution in [3.8, 4) is 0 Å². The highest BCUT2D eigenvalue weighted by atomic mass is 127. The van der Waals surface area contributed by atoms with Gasteiger partial charge in [-0.2, -0.15) is 0 Å². The summed E-state index contributed by atoms with van der Waals surface area (Å²) in [5, 5.41) is 11.9. The van der Waals surface area contributed by atoms with Crippen molar-refractivity contribution in [2.24, 2.45) is 10.9 Å². The van der Waals surface area contributed by atoms with Crippen LogP contribution in [0.25, 0.3) is 0 Å². The number of nitrogens with zero attached hydrogens (tertiary/aromatic N) is 2. The lowest BCUT2D eigenvalue weighted by Gasteiger charge is -2.25. The van der Waals surface area contributed by atoms with Gasteiger partial charge < -0.3 is 16.0 Å². The summed E-state index contributed by atoms with van der Waals surface area (Å²) in [4.78, 5) is 20.9. The van der Waals surface area contributed by atoms with E-state index in [2.05, 4.69) is 45.3 Å². The van der Waals surface area contributed by atoms with Gasteiger partial charge >= 0.3 is 0 Å². The molecule has 1 unspecified atom stereocenters. The van der Waals surface area contributed by atoms with Crippen LogP contribution >= 0.6 is 35.3 Å². The molecule has 0 bridgehead atoms. The van der Waals surface area contributed by atoms with Gasteiger partial charge in [0.1, 0.15) is 0 Å². The Morgan fingerprint density at radius 2 is 1.90 bits per heavy atom. The predicted octanol–water partition coefficient (Wildman–Crippen LogP) is 3.75. The fraction of sp³-hybridized carbons (Fsp3) is 0.727. The summed E-state index contributed by atoms with van der Waals surface area (Å²) in [5.41, 5.74) is 0. The molecule has 2 heterocycles. The Hall–Kier alpha value is -0.870. The van der Waals surface area contributed by atoms with Crippen molar-refractivity contribution in [3.63, 3.8) is 0 Å². The van der Waals surface area contributed by atoms with E-state index in [0.717, 1.165) is 32.1 Å². The van der Waals surface area contributed by atoms with Crippen molar-refractivity contribution in [1.29, 1.82) is 0 Å². The highest BCUT2D eigenvalue weighted by molar-refractivity contribution is 14.0. The Kier molecular flexibility index (Phi) is 12.1. The second-order valence-corrected chi connectivity index (χ2v) is 9.10. The number of nitrogens with one attached hydrogen (secondary N) is 3. The molecule has 1 amide bonds. The molecule has 0 radical (unpaired) electrons. The van der Waals surface area contributed by atoms with E-state index in [1.54, 1.807) is 0 Å². The minimum atomic E-state index is 0. The normalized spacial score (nSPS) is 18.8. The van der Waals surface area contributed by atoms with Crippen molar-refractivity contribution in [2.75, 3.05) is 39.3 Å². The first-order chi connectivity index (χ1) is 14.3. The van der Waals surface area contributed by atoms with E-state index in [1.165, 1.54) is 43.4 Å². The lowest BCUT2D eigenvalue weighted by molar-refractivity contribution is -0.121. The van der Waals surface area contributed by atoms with Crippen LogP contribution in [0, 0.1) is 5.92 Å². The molecule has 1 aromatic rings. The van der Waals surface area contributed by atoms with E-state index < -0.39 is 0 Å². The quantitative estimate of drug-likeness (QED) is 0.181. The van der Waals surface area contributed by atoms with E-state index in [0.29, 0.717) is 31.5 Å². The summed E-state index contributed by atoms with van der Waals surface area (Å²) in [5.74, 6) is 1.62. The van der Waals surface area contributed by atoms with Crippen LogP contribution < -0.4 is 16.0 Å². The molecular weight excluding hydrogens is 509 g/mol. The number of carbonyl (C=O) groups is 1. The molecule has 6 nitrogen and oxygen atoms in total. The van der Waals surface area contributed by atoms with Crippen LogP contribution in [0.3, 0.4) is 0 Å². The zero-order valence-corrected chi connectivity index (χ0v) is 21.3. The summed E-state index contributed by atoms with van der Waals surface area (Å²) in [6, 6.07) is 4.72. The van der Waals surface area contributed by atoms with Gasteiger partial charge in [-0.3, -0.25) is 14.7 Å². The fourth-order valence-electron chi connectivity index (χ4n) is 4.37. The molecule has 1 saturated heterocycles. The summed E-state index contributed by atoms with van der Waals surface area (Å²) in [6.07, 6.45) is 8.25. The highest BCUT2D eigenvalue weighted by Gasteiger charge is 2.24. The molecule has 0 spiro atoms. The van der Waals surface area contributed by atoms with Crippen molar-refractivity contribution in [2.45, 2.75) is 57.9 Å². The summed E-state index contributed by atoms with van der Waals surface area (Å²) in [6.45, 7) is 7.31. The van der Waals surface area contributed by atoms with Crippen molar-refractivity contribution in [3.05, 3.63) is 22.4 Å². The molecule has 0 aromatic carbocycles. The third kappa shape index (κ3) is 8.34.